The Morgan fingerprint density at radius 2 is 1.42 bits per heavy atom. The first kappa shape index (κ1) is 33.5. The quantitative estimate of drug-likeness (QED) is 0.301. The lowest BCUT2D eigenvalue weighted by molar-refractivity contribution is -0.141. The number of methoxy groups -OCH3 is 2. The predicted molar refractivity (Wildman–Crippen MR) is 169 cm³/mol. The lowest BCUT2D eigenvalue weighted by atomic mass is 10.1. The van der Waals surface area contributed by atoms with E-state index in [-0.39, 0.29) is 23.0 Å². The number of hydrogen-bond donors (Lipinski definition) is 1. The Morgan fingerprint density at radius 3 is 1.93 bits per heavy atom. The number of amides is 2. The molecular weight excluding hydrogens is 566 g/mol. The van der Waals surface area contributed by atoms with E-state index in [4.69, 9.17) is 9.47 Å². The van der Waals surface area contributed by atoms with E-state index in [1.165, 1.54) is 37.3 Å². The summed E-state index contributed by atoms with van der Waals surface area (Å²) in [4.78, 5) is 29.2. The standard InChI is InChI=1S/C33H43N3O6S/c1-9-28(32(38)34-33(4,5)6)35(21-25-14-10-23(2)11-15-25)31(37)22-36(26-16-19-29(41-7)30(20-26)42-8)43(39,40)27-17-12-24(3)13-18-27/h10-20,28H,9,21-22H2,1-8H3,(H,34,38)/t28-/m1/s1. The zero-order valence-corrected chi connectivity index (χ0v) is 27.1. The summed E-state index contributed by atoms with van der Waals surface area (Å²) in [6.45, 7) is 10.9. The molecule has 0 saturated heterocycles. The van der Waals surface area contributed by atoms with E-state index in [9.17, 15) is 18.0 Å². The molecular formula is C33H43N3O6S. The molecule has 0 unspecified atom stereocenters. The molecule has 0 aromatic heterocycles. The molecule has 10 heteroatoms. The van der Waals surface area contributed by atoms with Crippen LogP contribution in [0, 0.1) is 13.8 Å². The highest BCUT2D eigenvalue weighted by molar-refractivity contribution is 7.92. The minimum atomic E-state index is -4.22. The smallest absolute Gasteiger partial charge is 0.264 e. The number of aryl methyl sites for hydroxylation is 2. The monoisotopic (exact) mass is 609 g/mol. The number of carbonyl (C=O) groups excluding carboxylic acids is 2. The van der Waals surface area contributed by atoms with Crippen LogP contribution in [0.25, 0.3) is 0 Å². The van der Waals surface area contributed by atoms with Crippen LogP contribution in [0.1, 0.15) is 50.8 Å². The number of hydrogen-bond acceptors (Lipinski definition) is 6. The molecule has 0 bridgehead atoms. The molecule has 1 atom stereocenters. The van der Waals surface area contributed by atoms with Crippen molar-refractivity contribution >= 4 is 27.5 Å². The van der Waals surface area contributed by atoms with E-state index in [0.717, 1.165) is 21.0 Å². The predicted octanol–water partition coefficient (Wildman–Crippen LogP) is 5.24. The maximum atomic E-state index is 14.3. The summed E-state index contributed by atoms with van der Waals surface area (Å²) in [6.07, 6.45) is 0.334. The molecule has 3 aromatic carbocycles. The van der Waals surface area contributed by atoms with Gasteiger partial charge in [0.05, 0.1) is 24.8 Å². The molecule has 43 heavy (non-hydrogen) atoms. The average molecular weight is 610 g/mol. The Hall–Kier alpha value is -4.05. The molecule has 1 N–H and O–H groups in total. The molecule has 0 radical (unpaired) electrons. The molecule has 0 fully saturated rings. The minimum absolute atomic E-state index is 0.0308. The van der Waals surface area contributed by atoms with Crippen LogP contribution < -0.4 is 19.1 Å². The van der Waals surface area contributed by atoms with Gasteiger partial charge >= 0.3 is 0 Å². The second-order valence-electron chi connectivity index (χ2n) is 11.5. The van der Waals surface area contributed by atoms with E-state index >= 15 is 0 Å². The highest BCUT2D eigenvalue weighted by atomic mass is 32.2. The minimum Gasteiger partial charge on any atom is -0.493 e. The largest absolute Gasteiger partial charge is 0.493 e. The van der Waals surface area contributed by atoms with Crippen molar-refractivity contribution in [2.24, 2.45) is 0 Å². The number of carbonyl (C=O) groups is 2. The van der Waals surface area contributed by atoms with Crippen molar-refractivity contribution < 1.29 is 27.5 Å². The fourth-order valence-electron chi connectivity index (χ4n) is 4.61. The van der Waals surface area contributed by atoms with Crippen LogP contribution in [0.4, 0.5) is 5.69 Å². The van der Waals surface area contributed by atoms with E-state index in [1.807, 2.05) is 65.8 Å². The number of nitrogens with one attached hydrogen (secondary N) is 1. The van der Waals surface area contributed by atoms with Gasteiger partial charge in [-0.1, -0.05) is 54.4 Å². The molecule has 2 amide bonds. The Morgan fingerprint density at radius 1 is 0.860 bits per heavy atom. The number of ether oxygens (including phenoxy) is 2. The van der Waals surface area contributed by atoms with Gasteiger partial charge in [0.1, 0.15) is 12.6 Å². The maximum Gasteiger partial charge on any atom is 0.264 e. The number of anilines is 1. The summed E-state index contributed by atoms with van der Waals surface area (Å²) >= 11 is 0. The molecule has 0 aliphatic carbocycles. The number of sulfonamides is 1. The molecule has 0 saturated carbocycles. The van der Waals surface area contributed by atoms with Gasteiger partial charge in [0.15, 0.2) is 11.5 Å². The van der Waals surface area contributed by atoms with Gasteiger partial charge in [0.25, 0.3) is 10.0 Å². The van der Waals surface area contributed by atoms with Crippen molar-refractivity contribution in [2.45, 2.75) is 71.0 Å². The average Bonchev–Trinajstić information content (AvgIpc) is 2.95. The molecule has 0 aliphatic rings. The number of benzene rings is 3. The fraction of sp³-hybridized carbons (Fsp3) is 0.394. The van der Waals surface area contributed by atoms with Gasteiger partial charge in [-0.15, -0.1) is 0 Å². The summed E-state index contributed by atoms with van der Waals surface area (Å²) in [5.74, 6) is -0.114. The first-order valence-electron chi connectivity index (χ1n) is 14.2. The van der Waals surface area contributed by atoms with Gasteiger partial charge < -0.3 is 19.7 Å². The number of rotatable bonds is 12. The van der Waals surface area contributed by atoms with Crippen molar-refractivity contribution in [3.8, 4) is 11.5 Å². The molecule has 0 spiro atoms. The highest BCUT2D eigenvalue weighted by Gasteiger charge is 2.35. The van der Waals surface area contributed by atoms with Crippen molar-refractivity contribution in [1.82, 2.24) is 10.2 Å². The second-order valence-corrected chi connectivity index (χ2v) is 13.4. The van der Waals surface area contributed by atoms with Crippen LogP contribution in [-0.2, 0) is 26.2 Å². The Bertz CT molecular complexity index is 1510. The van der Waals surface area contributed by atoms with Crippen LogP contribution in [0.5, 0.6) is 11.5 Å². The Labute approximate surface area is 255 Å². The summed E-state index contributed by atoms with van der Waals surface area (Å²) in [6, 6.07) is 18.0. The van der Waals surface area contributed by atoms with Gasteiger partial charge in [-0.05, 0) is 70.9 Å². The Kier molecular flexibility index (Phi) is 10.9. The molecule has 3 aromatic rings. The van der Waals surface area contributed by atoms with Crippen LogP contribution in [-0.4, -0.2) is 57.5 Å². The van der Waals surface area contributed by atoms with Gasteiger partial charge in [0, 0.05) is 18.2 Å². The van der Waals surface area contributed by atoms with E-state index < -0.39 is 34.1 Å². The summed E-state index contributed by atoms with van der Waals surface area (Å²) in [5.41, 5.74) is 2.47. The van der Waals surface area contributed by atoms with E-state index in [2.05, 4.69) is 5.32 Å². The Balaban J connectivity index is 2.12. The lowest BCUT2D eigenvalue weighted by Gasteiger charge is -2.35. The van der Waals surface area contributed by atoms with Crippen molar-refractivity contribution in [1.29, 1.82) is 0 Å². The van der Waals surface area contributed by atoms with Crippen LogP contribution >= 0.6 is 0 Å². The van der Waals surface area contributed by atoms with Gasteiger partial charge in [-0.3, -0.25) is 13.9 Å². The summed E-state index contributed by atoms with van der Waals surface area (Å²) in [7, 11) is -1.28. The fourth-order valence-corrected chi connectivity index (χ4v) is 6.01. The summed E-state index contributed by atoms with van der Waals surface area (Å²) < 4.78 is 40.1. The zero-order valence-electron chi connectivity index (χ0n) is 26.3. The van der Waals surface area contributed by atoms with Gasteiger partial charge in [-0.2, -0.15) is 0 Å². The second kappa shape index (κ2) is 13.9. The van der Waals surface area contributed by atoms with Crippen LogP contribution in [0.15, 0.2) is 71.6 Å². The number of nitrogens with zero attached hydrogens (tertiary/aromatic N) is 2. The SMILES string of the molecule is CC[C@H](C(=O)NC(C)(C)C)N(Cc1ccc(C)cc1)C(=O)CN(c1ccc(OC)c(OC)c1)S(=O)(=O)c1ccc(C)cc1. The van der Waals surface area contributed by atoms with Crippen LogP contribution in [0.2, 0.25) is 0 Å². The van der Waals surface area contributed by atoms with Crippen molar-refractivity contribution in [2.75, 3.05) is 25.1 Å². The third kappa shape index (κ3) is 8.50. The van der Waals surface area contributed by atoms with Crippen molar-refractivity contribution in [3.05, 3.63) is 83.4 Å². The molecule has 0 heterocycles. The normalized spacial score (nSPS) is 12.3. The lowest BCUT2D eigenvalue weighted by Crippen LogP contribution is -2.55. The van der Waals surface area contributed by atoms with Gasteiger partial charge in [-0.25, -0.2) is 8.42 Å². The first-order valence-corrected chi connectivity index (χ1v) is 15.6. The zero-order chi connectivity index (χ0) is 31.9. The summed E-state index contributed by atoms with van der Waals surface area (Å²) in [5, 5.41) is 2.98. The van der Waals surface area contributed by atoms with Crippen LogP contribution in [0.3, 0.4) is 0 Å². The molecule has 9 nitrogen and oxygen atoms in total. The first-order chi connectivity index (χ1) is 20.2. The van der Waals surface area contributed by atoms with E-state index in [0.29, 0.717) is 17.9 Å². The third-order valence-electron chi connectivity index (χ3n) is 6.90. The molecule has 3 rings (SSSR count). The highest BCUT2D eigenvalue weighted by Crippen LogP contribution is 2.34. The molecule has 232 valence electrons. The van der Waals surface area contributed by atoms with E-state index in [1.54, 1.807) is 24.3 Å². The third-order valence-corrected chi connectivity index (χ3v) is 8.69. The van der Waals surface area contributed by atoms with Gasteiger partial charge in [0.2, 0.25) is 11.8 Å². The molecule has 0 aliphatic heterocycles. The maximum absolute atomic E-state index is 14.3. The topological polar surface area (TPSA) is 105 Å². The van der Waals surface area contributed by atoms with Crippen molar-refractivity contribution in [3.63, 3.8) is 0 Å².